The molecule has 0 unspecified atom stereocenters. The van der Waals surface area contributed by atoms with Crippen LogP contribution in [0.25, 0.3) is 43.9 Å². The van der Waals surface area contributed by atoms with E-state index in [-0.39, 0.29) is 6.71 Å². The van der Waals surface area contributed by atoms with E-state index in [1.165, 1.54) is 57.5 Å². The molecule has 0 aliphatic carbocycles. The van der Waals surface area contributed by atoms with Gasteiger partial charge in [0.05, 0.1) is 0 Å². The van der Waals surface area contributed by atoms with Crippen molar-refractivity contribution in [2.24, 2.45) is 0 Å². The smallest absolute Gasteiger partial charge is 0.247 e. The van der Waals surface area contributed by atoms with Crippen molar-refractivity contribution in [2.45, 2.75) is 19.6 Å². The SMILES string of the molecule is c1cc2c3c(c1)Sc1c(ccc4oc5ccccc5c14)B3c1ccc3oc4ccccc4c3c1S2. The zero-order valence-corrected chi connectivity index (χ0v) is 20.0. The monoisotopic (exact) mass is 482 g/mol. The molecule has 2 aromatic heterocycles. The van der Waals surface area contributed by atoms with Crippen LogP contribution >= 0.6 is 23.5 Å². The quantitative estimate of drug-likeness (QED) is 0.219. The van der Waals surface area contributed by atoms with E-state index in [1.807, 2.05) is 35.7 Å². The van der Waals surface area contributed by atoms with Crippen LogP contribution in [0.2, 0.25) is 0 Å². The summed E-state index contributed by atoms with van der Waals surface area (Å²) in [5.74, 6) is 0. The number of benzene rings is 5. The molecule has 7 aromatic rings. The minimum absolute atomic E-state index is 0.185. The molecule has 162 valence electrons. The second kappa shape index (κ2) is 6.57. The van der Waals surface area contributed by atoms with E-state index >= 15 is 0 Å². The maximum absolute atomic E-state index is 6.25. The third kappa shape index (κ3) is 2.35. The summed E-state index contributed by atoms with van der Waals surface area (Å²) in [6, 6.07) is 32.4. The summed E-state index contributed by atoms with van der Waals surface area (Å²) in [5.41, 5.74) is 7.97. The number of hydrogen-bond donors (Lipinski definition) is 0. The molecule has 0 N–H and O–H groups in total. The highest BCUT2D eigenvalue weighted by molar-refractivity contribution is 8.01. The van der Waals surface area contributed by atoms with Gasteiger partial charge in [-0.15, -0.1) is 0 Å². The average Bonchev–Trinajstić information content (AvgIpc) is 3.47. The fourth-order valence-electron chi connectivity index (χ4n) is 5.96. The second-order valence-electron chi connectivity index (χ2n) is 9.22. The summed E-state index contributed by atoms with van der Waals surface area (Å²) in [6.45, 7) is 0.185. The van der Waals surface area contributed by atoms with Crippen LogP contribution < -0.4 is 16.4 Å². The van der Waals surface area contributed by atoms with Gasteiger partial charge in [0, 0.05) is 41.1 Å². The van der Waals surface area contributed by atoms with Gasteiger partial charge in [-0.05, 0) is 41.9 Å². The molecule has 5 heteroatoms. The highest BCUT2D eigenvalue weighted by Crippen LogP contribution is 2.45. The Hall–Kier alpha value is -3.54. The molecule has 0 spiro atoms. The number of fused-ring (bicyclic) bond motifs is 12. The van der Waals surface area contributed by atoms with Gasteiger partial charge in [-0.3, -0.25) is 0 Å². The first kappa shape index (κ1) is 18.8. The van der Waals surface area contributed by atoms with Crippen LogP contribution in [0, 0.1) is 0 Å². The van der Waals surface area contributed by atoms with E-state index in [2.05, 4.69) is 78.9 Å². The van der Waals surface area contributed by atoms with E-state index < -0.39 is 0 Å². The van der Waals surface area contributed by atoms with E-state index in [1.54, 1.807) is 0 Å². The van der Waals surface area contributed by atoms with Gasteiger partial charge in [0.2, 0.25) is 6.71 Å². The van der Waals surface area contributed by atoms with Crippen LogP contribution in [0.5, 0.6) is 0 Å². The molecule has 0 atom stereocenters. The molecule has 4 heterocycles. The topological polar surface area (TPSA) is 26.3 Å². The fourth-order valence-corrected chi connectivity index (χ4v) is 8.67. The molecule has 2 aliphatic heterocycles. The molecule has 2 aliphatic rings. The van der Waals surface area contributed by atoms with Gasteiger partial charge < -0.3 is 8.83 Å². The second-order valence-corrected chi connectivity index (χ2v) is 11.3. The molecule has 35 heavy (non-hydrogen) atoms. The molecule has 9 rings (SSSR count). The lowest BCUT2D eigenvalue weighted by molar-refractivity contribution is 0.668. The van der Waals surface area contributed by atoms with Crippen LogP contribution in [0.1, 0.15) is 0 Å². The summed E-state index contributed by atoms with van der Waals surface area (Å²) < 4.78 is 12.5. The molecule has 0 saturated carbocycles. The Kier molecular flexibility index (Phi) is 3.52. The van der Waals surface area contributed by atoms with Crippen molar-refractivity contribution in [3.8, 4) is 0 Å². The van der Waals surface area contributed by atoms with Crippen LogP contribution in [0.4, 0.5) is 0 Å². The van der Waals surface area contributed by atoms with Crippen molar-refractivity contribution < 1.29 is 8.83 Å². The van der Waals surface area contributed by atoms with E-state index in [9.17, 15) is 0 Å². The lowest BCUT2D eigenvalue weighted by atomic mass is 9.36. The van der Waals surface area contributed by atoms with Crippen molar-refractivity contribution in [1.29, 1.82) is 0 Å². The highest BCUT2D eigenvalue weighted by atomic mass is 32.2. The Bertz CT molecular complexity index is 1890. The molecule has 0 saturated heterocycles. The normalized spacial score (nSPS) is 14.0. The van der Waals surface area contributed by atoms with Gasteiger partial charge in [-0.2, -0.15) is 0 Å². The third-order valence-electron chi connectivity index (χ3n) is 7.41. The van der Waals surface area contributed by atoms with Crippen LogP contribution in [0.15, 0.2) is 119 Å². The van der Waals surface area contributed by atoms with Crippen LogP contribution in [-0.2, 0) is 0 Å². The van der Waals surface area contributed by atoms with Gasteiger partial charge in [0.25, 0.3) is 0 Å². The van der Waals surface area contributed by atoms with Crippen LogP contribution in [-0.4, -0.2) is 6.71 Å². The summed E-state index contributed by atoms with van der Waals surface area (Å²) in [5, 5.41) is 4.84. The average molecular weight is 482 g/mol. The summed E-state index contributed by atoms with van der Waals surface area (Å²) in [4.78, 5) is 5.32. The van der Waals surface area contributed by atoms with Gasteiger partial charge in [-0.25, -0.2) is 0 Å². The van der Waals surface area contributed by atoms with Crippen LogP contribution in [0.3, 0.4) is 0 Å². The zero-order valence-electron chi connectivity index (χ0n) is 18.4. The molecule has 0 amide bonds. The third-order valence-corrected chi connectivity index (χ3v) is 9.85. The van der Waals surface area contributed by atoms with Gasteiger partial charge >= 0.3 is 0 Å². The molecule has 5 aromatic carbocycles. The van der Waals surface area contributed by atoms with E-state index in [0.29, 0.717) is 0 Å². The Morgan fingerprint density at radius 1 is 0.486 bits per heavy atom. The molecule has 0 radical (unpaired) electrons. The van der Waals surface area contributed by atoms with Crippen molar-refractivity contribution in [3.05, 3.63) is 91.0 Å². The van der Waals surface area contributed by atoms with Crippen molar-refractivity contribution in [2.75, 3.05) is 0 Å². The number of hydrogen-bond acceptors (Lipinski definition) is 4. The maximum atomic E-state index is 6.25. The van der Waals surface area contributed by atoms with Gasteiger partial charge in [0.15, 0.2) is 0 Å². The molecular weight excluding hydrogens is 467 g/mol. The minimum atomic E-state index is 0.185. The first-order valence-electron chi connectivity index (χ1n) is 11.7. The lowest BCUT2D eigenvalue weighted by Gasteiger charge is -2.33. The number of para-hydroxylation sites is 2. The molecular formula is C30H15BO2S2. The first-order valence-corrected chi connectivity index (χ1v) is 13.4. The van der Waals surface area contributed by atoms with Gasteiger partial charge in [0.1, 0.15) is 22.3 Å². The predicted octanol–water partition coefficient (Wildman–Crippen LogP) is 6.93. The number of furan rings is 2. The van der Waals surface area contributed by atoms with Crippen molar-refractivity contribution in [3.63, 3.8) is 0 Å². The minimum Gasteiger partial charge on any atom is -0.456 e. The lowest BCUT2D eigenvalue weighted by Crippen LogP contribution is -2.58. The molecule has 0 fully saturated rings. The van der Waals surface area contributed by atoms with Gasteiger partial charge in [-0.1, -0.05) is 89.0 Å². The maximum Gasteiger partial charge on any atom is 0.247 e. The molecule has 2 nitrogen and oxygen atoms in total. The van der Waals surface area contributed by atoms with Crippen molar-refractivity contribution >= 4 is 90.5 Å². The predicted molar refractivity (Wildman–Crippen MR) is 147 cm³/mol. The Labute approximate surface area is 209 Å². The largest absolute Gasteiger partial charge is 0.456 e. The Morgan fingerprint density at radius 3 is 1.54 bits per heavy atom. The first-order chi connectivity index (χ1) is 17.3. The molecule has 0 bridgehead atoms. The summed E-state index contributed by atoms with van der Waals surface area (Å²) in [7, 11) is 0. The Balaban J connectivity index is 1.42. The highest BCUT2D eigenvalue weighted by Gasteiger charge is 2.40. The number of rotatable bonds is 0. The van der Waals surface area contributed by atoms with E-state index in [0.717, 1.165) is 22.3 Å². The standard InChI is InChI=1S/C30H15BO2S2/c1-3-8-20-16(6-1)26-22(32-20)14-12-18-29(26)34-24-10-5-11-25-28(24)31(18)19-13-15-23-27(30(19)35-25)17-7-2-4-9-21(17)33-23/h1-15H. The Morgan fingerprint density at radius 2 is 1.00 bits per heavy atom. The van der Waals surface area contributed by atoms with E-state index in [4.69, 9.17) is 8.83 Å². The summed E-state index contributed by atoms with van der Waals surface area (Å²) in [6.07, 6.45) is 0. The summed E-state index contributed by atoms with van der Waals surface area (Å²) >= 11 is 3.78. The zero-order chi connectivity index (χ0) is 22.7. The fraction of sp³-hybridized carbons (Fsp3) is 0. The van der Waals surface area contributed by atoms with Crippen molar-refractivity contribution in [1.82, 2.24) is 0 Å².